The summed E-state index contributed by atoms with van der Waals surface area (Å²) < 4.78 is 32.8. The summed E-state index contributed by atoms with van der Waals surface area (Å²) in [4.78, 5) is 12.9. The van der Waals surface area contributed by atoms with Gasteiger partial charge in [-0.3, -0.25) is 4.79 Å². The SMILES string of the molecule is COc1ccc(NC(=O)C[C@@H]2CCCCN2S(=O)(=O)c2ccc(C)cc2)cc1Cl. The third kappa shape index (κ3) is 5.10. The summed E-state index contributed by atoms with van der Waals surface area (Å²) in [5, 5.41) is 3.20. The lowest BCUT2D eigenvalue weighted by Gasteiger charge is -2.34. The monoisotopic (exact) mass is 436 g/mol. The van der Waals surface area contributed by atoms with Gasteiger partial charge in [-0.15, -0.1) is 0 Å². The number of benzene rings is 2. The highest BCUT2D eigenvalue weighted by atomic mass is 35.5. The normalized spacial score (nSPS) is 17.7. The molecule has 1 fully saturated rings. The molecular formula is C21H25ClN2O4S. The van der Waals surface area contributed by atoms with E-state index in [1.165, 1.54) is 11.4 Å². The number of carbonyl (C=O) groups excluding carboxylic acids is 1. The van der Waals surface area contributed by atoms with Crippen molar-refractivity contribution in [2.45, 2.75) is 43.5 Å². The van der Waals surface area contributed by atoms with Crippen LogP contribution in [0.15, 0.2) is 47.4 Å². The van der Waals surface area contributed by atoms with Crippen LogP contribution in [-0.4, -0.2) is 38.3 Å². The largest absolute Gasteiger partial charge is 0.495 e. The van der Waals surface area contributed by atoms with Gasteiger partial charge in [-0.25, -0.2) is 8.42 Å². The predicted octanol–water partition coefficient (Wildman–Crippen LogP) is 4.23. The maximum absolute atomic E-state index is 13.1. The fourth-order valence-electron chi connectivity index (χ4n) is 3.51. The molecule has 0 aromatic heterocycles. The number of nitrogens with zero attached hydrogens (tertiary/aromatic N) is 1. The molecule has 0 unspecified atom stereocenters. The zero-order chi connectivity index (χ0) is 21.0. The number of carbonyl (C=O) groups is 1. The minimum absolute atomic E-state index is 0.0920. The van der Waals surface area contributed by atoms with Gasteiger partial charge in [-0.1, -0.05) is 35.7 Å². The summed E-state index contributed by atoms with van der Waals surface area (Å²) >= 11 is 6.10. The summed E-state index contributed by atoms with van der Waals surface area (Å²) in [6.45, 7) is 2.33. The van der Waals surface area contributed by atoms with Crippen molar-refractivity contribution in [3.63, 3.8) is 0 Å². The molecule has 0 saturated carbocycles. The van der Waals surface area contributed by atoms with Crippen LogP contribution in [0.4, 0.5) is 5.69 Å². The van der Waals surface area contributed by atoms with E-state index in [2.05, 4.69) is 5.32 Å². The molecule has 2 aromatic carbocycles. The number of sulfonamides is 1. The number of aryl methyl sites for hydroxylation is 1. The predicted molar refractivity (Wildman–Crippen MR) is 114 cm³/mol. The van der Waals surface area contributed by atoms with E-state index in [1.54, 1.807) is 42.5 Å². The van der Waals surface area contributed by atoms with Crippen LogP contribution in [0.3, 0.4) is 0 Å². The third-order valence-corrected chi connectivity index (χ3v) is 7.32. The van der Waals surface area contributed by atoms with Gasteiger partial charge >= 0.3 is 0 Å². The molecule has 29 heavy (non-hydrogen) atoms. The second-order valence-electron chi connectivity index (χ2n) is 7.18. The van der Waals surface area contributed by atoms with Crippen molar-refractivity contribution in [3.05, 3.63) is 53.1 Å². The lowest BCUT2D eigenvalue weighted by molar-refractivity contribution is -0.117. The maximum Gasteiger partial charge on any atom is 0.243 e. The molecule has 3 rings (SSSR count). The molecule has 1 saturated heterocycles. The highest BCUT2D eigenvalue weighted by Crippen LogP contribution is 2.29. The Morgan fingerprint density at radius 3 is 2.59 bits per heavy atom. The van der Waals surface area contributed by atoms with Crippen LogP contribution in [0.2, 0.25) is 5.02 Å². The standard InChI is InChI=1S/C21H25ClN2O4S/c1-15-6-9-18(10-7-15)29(26,27)24-12-4-3-5-17(24)14-21(25)23-16-8-11-20(28-2)19(22)13-16/h6-11,13,17H,3-5,12,14H2,1-2H3,(H,23,25)/t17-/m0/s1. The summed E-state index contributed by atoms with van der Waals surface area (Å²) in [5.74, 6) is 0.273. The topological polar surface area (TPSA) is 75.7 Å². The molecule has 0 aliphatic carbocycles. The van der Waals surface area contributed by atoms with E-state index >= 15 is 0 Å². The van der Waals surface area contributed by atoms with Crippen molar-refractivity contribution >= 4 is 33.2 Å². The highest BCUT2D eigenvalue weighted by molar-refractivity contribution is 7.89. The Kier molecular flexibility index (Phi) is 6.82. The van der Waals surface area contributed by atoms with Gasteiger partial charge in [0.1, 0.15) is 5.75 Å². The average molecular weight is 437 g/mol. The first kappa shape index (κ1) is 21.6. The number of anilines is 1. The first-order valence-corrected chi connectivity index (χ1v) is 11.3. The molecule has 1 aliphatic heterocycles. The average Bonchev–Trinajstić information content (AvgIpc) is 2.68. The molecule has 0 radical (unpaired) electrons. The molecule has 6 nitrogen and oxygen atoms in total. The fourth-order valence-corrected chi connectivity index (χ4v) is 5.46. The number of hydrogen-bond donors (Lipinski definition) is 1. The minimum atomic E-state index is -3.65. The van der Waals surface area contributed by atoms with Gasteiger partial charge in [-0.05, 0) is 50.1 Å². The minimum Gasteiger partial charge on any atom is -0.495 e. The van der Waals surface area contributed by atoms with Crippen LogP contribution in [-0.2, 0) is 14.8 Å². The van der Waals surface area contributed by atoms with Crippen molar-refractivity contribution in [3.8, 4) is 5.75 Å². The van der Waals surface area contributed by atoms with Crippen molar-refractivity contribution in [2.75, 3.05) is 19.0 Å². The number of halogens is 1. The van der Waals surface area contributed by atoms with Gasteiger partial charge in [0.15, 0.2) is 0 Å². The van der Waals surface area contributed by atoms with Crippen molar-refractivity contribution in [2.24, 2.45) is 0 Å². The quantitative estimate of drug-likeness (QED) is 0.735. The first-order chi connectivity index (χ1) is 13.8. The smallest absolute Gasteiger partial charge is 0.243 e. The molecule has 1 atom stereocenters. The summed E-state index contributed by atoms with van der Waals surface area (Å²) in [5.41, 5.74) is 1.54. The Hall–Kier alpha value is -2.09. The molecule has 1 heterocycles. The Balaban J connectivity index is 1.73. The van der Waals surface area contributed by atoms with E-state index in [9.17, 15) is 13.2 Å². The Bertz CT molecular complexity index is 977. The molecule has 8 heteroatoms. The van der Waals surface area contributed by atoms with Gasteiger partial charge in [0.05, 0.1) is 17.0 Å². The zero-order valence-electron chi connectivity index (χ0n) is 16.5. The van der Waals surface area contributed by atoms with Gasteiger partial charge in [0.25, 0.3) is 0 Å². The Morgan fingerprint density at radius 1 is 1.21 bits per heavy atom. The molecule has 156 valence electrons. The van der Waals surface area contributed by atoms with E-state index in [0.717, 1.165) is 18.4 Å². The van der Waals surface area contributed by atoms with Gasteiger partial charge < -0.3 is 10.1 Å². The molecule has 1 N–H and O–H groups in total. The van der Waals surface area contributed by atoms with Crippen molar-refractivity contribution in [1.82, 2.24) is 4.31 Å². The number of nitrogens with one attached hydrogen (secondary N) is 1. The third-order valence-electron chi connectivity index (χ3n) is 5.06. The maximum atomic E-state index is 13.1. The Labute approximate surface area is 176 Å². The number of hydrogen-bond acceptors (Lipinski definition) is 4. The molecule has 1 aliphatic rings. The molecular weight excluding hydrogens is 412 g/mol. The number of amides is 1. The summed E-state index contributed by atoms with van der Waals surface area (Å²) in [7, 11) is -2.13. The molecule has 0 spiro atoms. The van der Waals surface area contributed by atoms with Crippen LogP contribution in [0.5, 0.6) is 5.75 Å². The number of methoxy groups -OCH3 is 1. The fraction of sp³-hybridized carbons (Fsp3) is 0.381. The van der Waals surface area contributed by atoms with E-state index < -0.39 is 10.0 Å². The second kappa shape index (κ2) is 9.15. The zero-order valence-corrected chi connectivity index (χ0v) is 18.1. The van der Waals surface area contributed by atoms with E-state index in [0.29, 0.717) is 29.4 Å². The van der Waals surface area contributed by atoms with Crippen molar-refractivity contribution in [1.29, 1.82) is 0 Å². The summed E-state index contributed by atoms with van der Waals surface area (Å²) in [6, 6.07) is 11.4. The van der Waals surface area contributed by atoms with Crippen LogP contribution >= 0.6 is 11.6 Å². The first-order valence-electron chi connectivity index (χ1n) is 9.53. The van der Waals surface area contributed by atoms with Crippen LogP contribution in [0.25, 0.3) is 0 Å². The van der Waals surface area contributed by atoms with Crippen LogP contribution in [0.1, 0.15) is 31.2 Å². The van der Waals surface area contributed by atoms with Gasteiger partial charge in [-0.2, -0.15) is 4.31 Å². The van der Waals surface area contributed by atoms with E-state index in [-0.39, 0.29) is 23.3 Å². The molecule has 2 aromatic rings. The molecule has 1 amide bonds. The van der Waals surface area contributed by atoms with Gasteiger partial charge in [0, 0.05) is 24.7 Å². The lowest BCUT2D eigenvalue weighted by Crippen LogP contribution is -2.45. The number of ether oxygens (including phenoxy) is 1. The lowest BCUT2D eigenvalue weighted by atomic mass is 10.0. The summed E-state index contributed by atoms with van der Waals surface area (Å²) in [6.07, 6.45) is 2.43. The van der Waals surface area contributed by atoms with E-state index in [1.807, 2.05) is 6.92 Å². The number of rotatable bonds is 6. The van der Waals surface area contributed by atoms with E-state index in [4.69, 9.17) is 16.3 Å². The molecule has 0 bridgehead atoms. The van der Waals surface area contributed by atoms with Crippen LogP contribution < -0.4 is 10.1 Å². The Morgan fingerprint density at radius 2 is 1.93 bits per heavy atom. The van der Waals surface area contributed by atoms with Crippen molar-refractivity contribution < 1.29 is 17.9 Å². The van der Waals surface area contributed by atoms with Gasteiger partial charge in [0.2, 0.25) is 15.9 Å². The highest BCUT2D eigenvalue weighted by Gasteiger charge is 2.34. The number of piperidine rings is 1. The van der Waals surface area contributed by atoms with Crippen LogP contribution in [0, 0.1) is 6.92 Å². The second-order valence-corrected chi connectivity index (χ2v) is 9.48.